The van der Waals surface area contributed by atoms with E-state index in [2.05, 4.69) is 67.6 Å². The average molecular weight is 765 g/mol. The summed E-state index contributed by atoms with van der Waals surface area (Å²) in [4.78, 5) is 30.0. The second-order valence-corrected chi connectivity index (χ2v) is 22.3. The molecule has 4 aliphatic carbocycles. The second kappa shape index (κ2) is 12.8. The molecule has 4 aliphatic heterocycles. The van der Waals surface area contributed by atoms with Crippen molar-refractivity contribution < 1.29 is 42.4 Å². The molecule has 298 valence electrons. The fourth-order valence-electron chi connectivity index (χ4n) is 13.0. The standard InChI is InChI=1S/C44H64O9Si/c1-12-20-47-34-33-35(38(5,6)7)43(50-36(34)44(49-33,52-43)53-54(10)11)48-25-41-23-30-27(4)18-19-31(30)40(24-45)22-29(41)21-32(26(2)3)42(40,41)37(46)51-39(8,9)28-16-14-13-15-17-28/h13-17,21,24,26-27,29-31,33-36,54H,12,18-20,22-23,25H2,1-11H3. The third-order valence-corrected chi connectivity index (χ3v) is 15.7. The minimum absolute atomic E-state index is 0.0143. The summed E-state index contributed by atoms with van der Waals surface area (Å²) in [5.41, 5.74) is -2.29. The van der Waals surface area contributed by atoms with Crippen LogP contribution in [0.25, 0.3) is 0 Å². The summed E-state index contributed by atoms with van der Waals surface area (Å²) in [7, 11) is -1.71. The minimum atomic E-state index is -1.71. The molecule has 13 unspecified atom stereocenters. The molecule has 3 saturated carbocycles. The summed E-state index contributed by atoms with van der Waals surface area (Å²) in [6.07, 6.45) is 6.32. The summed E-state index contributed by atoms with van der Waals surface area (Å²) in [6, 6.07) is 9.92. The third-order valence-electron chi connectivity index (χ3n) is 14.9. The van der Waals surface area contributed by atoms with Crippen LogP contribution in [0.5, 0.6) is 0 Å². The van der Waals surface area contributed by atoms with Crippen LogP contribution in [0.15, 0.2) is 42.0 Å². The van der Waals surface area contributed by atoms with Crippen LogP contribution in [0.1, 0.15) is 100.0 Å². The zero-order valence-electron chi connectivity index (χ0n) is 34.4. The van der Waals surface area contributed by atoms with Crippen molar-refractivity contribution in [3.8, 4) is 0 Å². The zero-order valence-corrected chi connectivity index (χ0v) is 35.6. The topological polar surface area (TPSA) is 98.8 Å². The Hall–Kier alpha value is -1.92. The van der Waals surface area contributed by atoms with Gasteiger partial charge in [-0.25, -0.2) is 0 Å². The van der Waals surface area contributed by atoms with Gasteiger partial charge in [-0.1, -0.05) is 96.9 Å². The number of carbonyl (C=O) groups excluding carboxylic acids is 2. The normalized spacial score (nSPS) is 44.4. The second-order valence-electron chi connectivity index (χ2n) is 20.0. The first-order chi connectivity index (χ1) is 25.4. The molecule has 0 radical (unpaired) electrons. The quantitative estimate of drug-likeness (QED) is 0.0859. The summed E-state index contributed by atoms with van der Waals surface area (Å²) >= 11 is 0. The number of allylic oxidation sites excluding steroid dienone is 1. The van der Waals surface area contributed by atoms with E-state index >= 15 is 4.79 Å². The molecule has 0 amide bonds. The number of rotatable bonds is 13. The van der Waals surface area contributed by atoms with Gasteiger partial charge >= 0.3 is 11.9 Å². The summed E-state index contributed by atoms with van der Waals surface area (Å²) in [5.74, 6) is -2.89. The Morgan fingerprint density at radius 3 is 2.39 bits per heavy atom. The largest absolute Gasteiger partial charge is 0.454 e. The summed E-state index contributed by atoms with van der Waals surface area (Å²) in [6.45, 7) is 24.1. The molecular formula is C44H64O9Si. The Kier molecular flexibility index (Phi) is 9.22. The smallest absolute Gasteiger partial charge is 0.318 e. The van der Waals surface area contributed by atoms with Crippen molar-refractivity contribution in [2.75, 3.05) is 13.2 Å². The molecule has 0 aromatic heterocycles. The molecule has 0 spiro atoms. The highest BCUT2D eigenvalue weighted by molar-refractivity contribution is 6.48. The number of ether oxygens (including phenoxy) is 6. The predicted molar refractivity (Wildman–Crippen MR) is 205 cm³/mol. The van der Waals surface area contributed by atoms with E-state index in [0.717, 1.165) is 36.8 Å². The van der Waals surface area contributed by atoms with Crippen molar-refractivity contribution in [3.63, 3.8) is 0 Å². The van der Waals surface area contributed by atoms with Crippen LogP contribution in [-0.2, 0) is 48.0 Å². The lowest BCUT2D eigenvalue weighted by atomic mass is 9.43. The predicted octanol–water partition coefficient (Wildman–Crippen LogP) is 7.91. The number of benzene rings is 1. The van der Waals surface area contributed by atoms with Gasteiger partial charge in [-0.3, -0.25) is 9.53 Å². The maximum Gasteiger partial charge on any atom is 0.318 e. The molecule has 1 aromatic carbocycles. The van der Waals surface area contributed by atoms with Gasteiger partial charge in [-0.2, -0.15) is 0 Å². The molecule has 1 aromatic rings. The maximum absolute atomic E-state index is 15.8. The molecule has 7 fully saturated rings. The maximum atomic E-state index is 15.8. The summed E-state index contributed by atoms with van der Waals surface area (Å²) < 4.78 is 48.1. The van der Waals surface area contributed by atoms with Crippen LogP contribution in [0, 0.1) is 57.2 Å². The SMILES string of the molecule is CCCOC1C2OC3(O[SiH](C)C)OC(OCC45CC6C(C)CCC6C6(C=O)CC4C=C(C(C)C)C65C(=O)OC(C)(C)c4ccccc4)(OC13)C2C(C)(C)C. The van der Waals surface area contributed by atoms with Gasteiger partial charge in [0.15, 0.2) is 15.1 Å². The van der Waals surface area contributed by atoms with Gasteiger partial charge in [-0.15, -0.1) is 0 Å². The van der Waals surface area contributed by atoms with E-state index < -0.39 is 48.9 Å². The first-order valence-corrected chi connectivity index (χ1v) is 23.6. The first-order valence-electron chi connectivity index (χ1n) is 20.9. The van der Waals surface area contributed by atoms with E-state index in [1.54, 1.807) is 0 Å². The lowest BCUT2D eigenvalue weighted by Crippen LogP contribution is -2.67. The fraction of sp³-hybridized carbons (Fsp3) is 0.773. The molecule has 4 heterocycles. The zero-order chi connectivity index (χ0) is 38.9. The van der Waals surface area contributed by atoms with Gasteiger partial charge < -0.3 is 32.9 Å². The van der Waals surface area contributed by atoms with Crippen molar-refractivity contribution >= 4 is 21.3 Å². The summed E-state index contributed by atoms with van der Waals surface area (Å²) in [5, 5.41) is 0. The van der Waals surface area contributed by atoms with E-state index in [-0.39, 0.29) is 59.8 Å². The minimum Gasteiger partial charge on any atom is -0.454 e. The van der Waals surface area contributed by atoms with Gasteiger partial charge in [0.2, 0.25) is 0 Å². The van der Waals surface area contributed by atoms with Crippen molar-refractivity contribution in [1.82, 2.24) is 0 Å². The Morgan fingerprint density at radius 1 is 1.04 bits per heavy atom. The Bertz CT molecular complexity index is 1670. The molecule has 8 aliphatic rings. The monoisotopic (exact) mass is 764 g/mol. The molecule has 13 atom stereocenters. The van der Waals surface area contributed by atoms with Crippen LogP contribution in [0.3, 0.4) is 0 Å². The molecular weight excluding hydrogens is 701 g/mol. The highest BCUT2D eigenvalue weighted by Gasteiger charge is 2.86. The number of esters is 1. The Labute approximate surface area is 324 Å². The fourth-order valence-corrected chi connectivity index (χ4v) is 13.9. The third kappa shape index (κ3) is 5.02. The molecule has 9 rings (SSSR count). The highest BCUT2D eigenvalue weighted by Crippen LogP contribution is 2.83. The number of carbonyl (C=O) groups is 2. The Balaban J connectivity index is 1.26. The molecule has 9 nitrogen and oxygen atoms in total. The molecule has 0 N–H and O–H groups in total. The number of hydrogen-bond donors (Lipinski definition) is 0. The number of fused-ring (bicyclic) bond motifs is 2. The van der Waals surface area contributed by atoms with Gasteiger partial charge in [0, 0.05) is 12.0 Å². The van der Waals surface area contributed by atoms with Crippen molar-refractivity contribution in [2.24, 2.45) is 57.2 Å². The van der Waals surface area contributed by atoms with Crippen LogP contribution < -0.4 is 0 Å². The highest BCUT2D eigenvalue weighted by atomic mass is 28.3. The van der Waals surface area contributed by atoms with Crippen LogP contribution >= 0.6 is 0 Å². The van der Waals surface area contributed by atoms with E-state index in [9.17, 15) is 4.79 Å². The molecule has 4 saturated heterocycles. The molecule has 8 bridgehead atoms. The van der Waals surface area contributed by atoms with Crippen molar-refractivity contribution in [3.05, 3.63) is 47.5 Å². The van der Waals surface area contributed by atoms with Gasteiger partial charge in [0.25, 0.3) is 5.97 Å². The lowest BCUT2D eigenvalue weighted by molar-refractivity contribution is -0.491. The van der Waals surface area contributed by atoms with Gasteiger partial charge in [-0.05, 0) is 93.2 Å². The lowest BCUT2D eigenvalue weighted by Gasteiger charge is -2.60. The molecule has 54 heavy (non-hydrogen) atoms. The Morgan fingerprint density at radius 2 is 1.76 bits per heavy atom. The number of hydrogen-bond acceptors (Lipinski definition) is 9. The van der Waals surface area contributed by atoms with Crippen LogP contribution in [0.4, 0.5) is 0 Å². The van der Waals surface area contributed by atoms with Crippen molar-refractivity contribution in [2.45, 2.75) is 143 Å². The van der Waals surface area contributed by atoms with E-state index in [4.69, 9.17) is 32.8 Å². The van der Waals surface area contributed by atoms with Crippen LogP contribution in [-0.4, -0.2) is 64.8 Å². The molecule has 10 heteroatoms. The van der Waals surface area contributed by atoms with E-state index in [1.165, 1.54) is 6.29 Å². The van der Waals surface area contributed by atoms with Crippen LogP contribution in [0.2, 0.25) is 13.1 Å². The van der Waals surface area contributed by atoms with E-state index in [1.807, 2.05) is 44.2 Å². The first kappa shape index (κ1) is 38.9. The van der Waals surface area contributed by atoms with Gasteiger partial charge in [0.1, 0.15) is 29.5 Å². The van der Waals surface area contributed by atoms with E-state index in [0.29, 0.717) is 18.9 Å². The van der Waals surface area contributed by atoms with Crippen molar-refractivity contribution in [1.29, 1.82) is 0 Å². The number of aldehydes is 1. The van der Waals surface area contributed by atoms with Gasteiger partial charge in [0.05, 0.1) is 17.9 Å². The average Bonchev–Trinajstić information content (AvgIpc) is 3.79.